The lowest BCUT2D eigenvalue weighted by molar-refractivity contribution is 1.20. The lowest BCUT2D eigenvalue weighted by atomic mass is 10.3. The van der Waals surface area contributed by atoms with E-state index >= 15 is 0 Å². The van der Waals surface area contributed by atoms with E-state index < -0.39 is 0 Å². The molecule has 0 aromatic carbocycles. The van der Waals surface area contributed by atoms with Crippen LogP contribution in [0, 0.1) is 6.92 Å². The first-order chi connectivity index (χ1) is 4.33. The second kappa shape index (κ2) is 4.09. The summed E-state index contributed by atoms with van der Waals surface area (Å²) in [6.07, 6.45) is 1.76. The summed E-state index contributed by atoms with van der Waals surface area (Å²) in [4.78, 5) is 3.96. The van der Waals surface area contributed by atoms with Crippen LogP contribution in [0.25, 0.3) is 0 Å². The van der Waals surface area contributed by atoms with Crippen molar-refractivity contribution >= 4 is 18.2 Å². The highest BCUT2D eigenvalue weighted by Crippen LogP contribution is 2.00. The molecule has 0 aliphatic carbocycles. The third-order valence-corrected chi connectivity index (χ3v) is 1.06. The van der Waals surface area contributed by atoms with Gasteiger partial charge >= 0.3 is 0 Å². The minimum Gasteiger partial charge on any atom is -0.308 e. The maximum atomic E-state index is 5.09. The van der Waals surface area contributed by atoms with Gasteiger partial charge < -0.3 is 5.43 Å². The molecule has 56 valence electrons. The number of nitrogen functional groups attached to an aromatic ring is 1. The normalized spacial score (nSPS) is 8.20. The molecule has 0 aliphatic heterocycles. The van der Waals surface area contributed by atoms with E-state index in [4.69, 9.17) is 5.84 Å². The first-order valence-corrected chi connectivity index (χ1v) is 2.72. The van der Waals surface area contributed by atoms with Gasteiger partial charge in [-0.2, -0.15) is 0 Å². The van der Waals surface area contributed by atoms with Gasteiger partial charge in [-0.1, -0.05) is 6.07 Å². The molecule has 0 saturated heterocycles. The number of rotatable bonds is 1. The Morgan fingerprint density at radius 1 is 1.50 bits per heavy atom. The van der Waals surface area contributed by atoms with Crippen LogP contribution in [0.2, 0.25) is 0 Å². The summed E-state index contributed by atoms with van der Waals surface area (Å²) in [6.45, 7) is 1.98. The number of nitrogens with two attached hydrogens (primary N) is 1. The average molecular weight is 160 g/mol. The third-order valence-electron chi connectivity index (χ3n) is 1.06. The smallest absolute Gasteiger partial charge is 0.139 e. The van der Waals surface area contributed by atoms with Gasteiger partial charge in [0.05, 0.1) is 0 Å². The van der Waals surface area contributed by atoms with Crippen molar-refractivity contribution < 1.29 is 0 Å². The molecular weight excluding hydrogens is 150 g/mol. The topological polar surface area (TPSA) is 50.9 Å². The second-order valence-corrected chi connectivity index (χ2v) is 1.87. The van der Waals surface area contributed by atoms with E-state index in [0.29, 0.717) is 5.82 Å². The number of pyridine rings is 1. The van der Waals surface area contributed by atoms with Gasteiger partial charge in [-0.05, 0) is 18.6 Å². The van der Waals surface area contributed by atoms with E-state index in [0.717, 1.165) is 5.56 Å². The quantitative estimate of drug-likeness (QED) is 0.477. The van der Waals surface area contributed by atoms with Crippen molar-refractivity contribution in [1.82, 2.24) is 4.98 Å². The fourth-order valence-corrected chi connectivity index (χ4v) is 0.553. The molecule has 10 heavy (non-hydrogen) atoms. The Hall–Kier alpha value is -0.800. The zero-order chi connectivity index (χ0) is 6.69. The standard InChI is InChI=1S/C6H9N3.ClH/c1-5-2-3-6(9-7)8-4-5;/h2-4H,7H2,1H3,(H,8,9);1H. The molecule has 1 aromatic rings. The van der Waals surface area contributed by atoms with Gasteiger partial charge in [-0.15, -0.1) is 12.4 Å². The molecule has 0 fully saturated rings. The number of aromatic nitrogens is 1. The van der Waals surface area contributed by atoms with Crippen LogP contribution in [0.3, 0.4) is 0 Å². The number of nitrogens with zero attached hydrogens (tertiary/aromatic N) is 1. The number of aryl methyl sites for hydroxylation is 1. The molecule has 0 radical (unpaired) electrons. The van der Waals surface area contributed by atoms with Gasteiger partial charge in [0.15, 0.2) is 0 Å². The van der Waals surface area contributed by atoms with Gasteiger partial charge in [0.1, 0.15) is 5.82 Å². The summed E-state index contributed by atoms with van der Waals surface area (Å²) in [5.41, 5.74) is 3.58. The molecule has 3 N–H and O–H groups in total. The van der Waals surface area contributed by atoms with Crippen molar-refractivity contribution in [1.29, 1.82) is 0 Å². The van der Waals surface area contributed by atoms with E-state index in [2.05, 4.69) is 10.4 Å². The zero-order valence-corrected chi connectivity index (χ0v) is 6.48. The molecule has 0 amide bonds. The lowest BCUT2D eigenvalue weighted by Gasteiger charge is -1.96. The molecular formula is C6H10ClN3. The first kappa shape index (κ1) is 9.20. The average Bonchev–Trinajstić information content (AvgIpc) is 1.90. The highest BCUT2D eigenvalue weighted by atomic mass is 35.5. The molecule has 0 aliphatic rings. The van der Waals surface area contributed by atoms with Gasteiger partial charge in [0, 0.05) is 6.20 Å². The first-order valence-electron chi connectivity index (χ1n) is 2.72. The maximum Gasteiger partial charge on any atom is 0.139 e. The van der Waals surface area contributed by atoms with Gasteiger partial charge in [0.2, 0.25) is 0 Å². The molecule has 3 nitrogen and oxygen atoms in total. The molecule has 0 bridgehead atoms. The number of nitrogens with one attached hydrogen (secondary N) is 1. The van der Waals surface area contributed by atoms with Crippen molar-refractivity contribution in [3.8, 4) is 0 Å². The Morgan fingerprint density at radius 3 is 2.60 bits per heavy atom. The van der Waals surface area contributed by atoms with Gasteiger partial charge in [0.25, 0.3) is 0 Å². The van der Waals surface area contributed by atoms with Crippen LogP contribution in [0.15, 0.2) is 18.3 Å². The van der Waals surface area contributed by atoms with Crippen LogP contribution in [-0.2, 0) is 0 Å². The Bertz CT molecular complexity index is 185. The van der Waals surface area contributed by atoms with Crippen molar-refractivity contribution in [2.45, 2.75) is 6.92 Å². The summed E-state index contributed by atoms with van der Waals surface area (Å²) >= 11 is 0. The lowest BCUT2D eigenvalue weighted by Crippen LogP contribution is -2.07. The van der Waals surface area contributed by atoms with Crippen LogP contribution < -0.4 is 11.3 Å². The Kier molecular flexibility index (Phi) is 3.76. The third kappa shape index (κ3) is 2.21. The number of hydrogen-bond acceptors (Lipinski definition) is 3. The molecule has 0 atom stereocenters. The molecule has 0 spiro atoms. The molecule has 0 saturated carbocycles. The van der Waals surface area contributed by atoms with Crippen LogP contribution in [0.1, 0.15) is 5.56 Å². The van der Waals surface area contributed by atoms with Crippen LogP contribution in [-0.4, -0.2) is 4.98 Å². The van der Waals surface area contributed by atoms with Crippen LogP contribution in [0.4, 0.5) is 5.82 Å². The van der Waals surface area contributed by atoms with E-state index in [1.165, 1.54) is 0 Å². The highest BCUT2D eigenvalue weighted by Gasteiger charge is 1.85. The molecule has 0 unspecified atom stereocenters. The van der Waals surface area contributed by atoms with Crippen molar-refractivity contribution in [2.24, 2.45) is 5.84 Å². The summed E-state index contributed by atoms with van der Waals surface area (Å²) < 4.78 is 0. The van der Waals surface area contributed by atoms with E-state index in [-0.39, 0.29) is 12.4 Å². The van der Waals surface area contributed by atoms with E-state index in [1.807, 2.05) is 19.1 Å². The number of anilines is 1. The minimum atomic E-state index is 0. The van der Waals surface area contributed by atoms with Crippen LogP contribution >= 0.6 is 12.4 Å². The van der Waals surface area contributed by atoms with Crippen molar-refractivity contribution in [3.05, 3.63) is 23.9 Å². The fraction of sp³-hybridized carbons (Fsp3) is 0.167. The maximum absolute atomic E-state index is 5.09. The van der Waals surface area contributed by atoms with Crippen molar-refractivity contribution in [2.75, 3.05) is 5.43 Å². The van der Waals surface area contributed by atoms with E-state index in [1.54, 1.807) is 6.20 Å². The number of halogens is 1. The highest BCUT2D eigenvalue weighted by molar-refractivity contribution is 5.85. The molecule has 1 rings (SSSR count). The largest absolute Gasteiger partial charge is 0.308 e. The van der Waals surface area contributed by atoms with Gasteiger partial charge in [-0.3, -0.25) is 0 Å². The summed E-state index contributed by atoms with van der Waals surface area (Å²) in [5.74, 6) is 5.78. The Labute approximate surface area is 66.0 Å². The number of hydrogen-bond donors (Lipinski definition) is 2. The second-order valence-electron chi connectivity index (χ2n) is 1.87. The van der Waals surface area contributed by atoms with Crippen LogP contribution in [0.5, 0.6) is 0 Å². The summed E-state index contributed by atoms with van der Waals surface area (Å²) in [5, 5.41) is 0. The monoisotopic (exact) mass is 159 g/mol. The predicted octanol–water partition coefficient (Wildman–Crippen LogP) is 1.10. The SMILES string of the molecule is Cc1ccc(NN)nc1.Cl. The summed E-state index contributed by atoms with van der Waals surface area (Å²) in [6, 6.07) is 3.78. The van der Waals surface area contributed by atoms with Crippen molar-refractivity contribution in [3.63, 3.8) is 0 Å². The molecule has 4 heteroatoms. The number of hydrazine groups is 1. The predicted molar refractivity (Wildman–Crippen MR) is 44.0 cm³/mol. The summed E-state index contributed by atoms with van der Waals surface area (Å²) in [7, 11) is 0. The van der Waals surface area contributed by atoms with Gasteiger partial charge in [-0.25, -0.2) is 10.8 Å². The molecule has 1 heterocycles. The minimum absolute atomic E-state index is 0. The molecule has 1 aromatic heterocycles. The Balaban J connectivity index is 0.000000810. The van der Waals surface area contributed by atoms with E-state index in [9.17, 15) is 0 Å². The zero-order valence-electron chi connectivity index (χ0n) is 5.66. The fourth-order valence-electron chi connectivity index (χ4n) is 0.553. The Morgan fingerprint density at radius 2 is 2.20 bits per heavy atom.